The van der Waals surface area contributed by atoms with E-state index in [1.807, 2.05) is 53.4 Å². The Labute approximate surface area is 180 Å². The summed E-state index contributed by atoms with van der Waals surface area (Å²) in [5, 5.41) is 0.611. The fourth-order valence-electron chi connectivity index (χ4n) is 3.72. The summed E-state index contributed by atoms with van der Waals surface area (Å²) in [6.07, 6.45) is 6.30. The molecule has 0 aromatic heterocycles. The third-order valence-corrected chi connectivity index (χ3v) is 6.81. The van der Waals surface area contributed by atoms with Gasteiger partial charge in [-0.3, -0.25) is 9.59 Å². The molecule has 2 aliphatic heterocycles. The zero-order chi connectivity index (χ0) is 20.4. The maximum absolute atomic E-state index is 13.0. The minimum Gasteiger partial charge on any atom is -0.339 e. The molecule has 2 amide bonds. The lowest BCUT2D eigenvalue weighted by Gasteiger charge is -2.28. The lowest BCUT2D eigenvalue weighted by atomic mass is 10.1. The number of hydrogen-bond donors (Lipinski definition) is 0. The Bertz CT molecular complexity index is 981. The highest BCUT2D eigenvalue weighted by Crippen LogP contribution is 2.42. The number of fused-ring (bicyclic) bond motifs is 1. The zero-order valence-corrected chi connectivity index (χ0v) is 17.9. The zero-order valence-electron chi connectivity index (χ0n) is 16.4. The lowest BCUT2D eigenvalue weighted by molar-refractivity contribution is -0.114. The number of likely N-dealkylation sites (N-methyl/N-ethyl adjacent to an activating group) is 1. The first kappa shape index (κ1) is 20.0. The number of likely N-dealkylation sites (tertiary alicyclic amines) is 1. The molecule has 6 heteroatoms. The van der Waals surface area contributed by atoms with Crippen molar-refractivity contribution in [3.63, 3.8) is 0 Å². The first-order valence-electron chi connectivity index (χ1n) is 9.90. The van der Waals surface area contributed by atoms with Gasteiger partial charge in [0.05, 0.1) is 10.6 Å². The highest BCUT2D eigenvalue weighted by atomic mass is 35.5. The lowest BCUT2D eigenvalue weighted by Crippen LogP contribution is -2.33. The van der Waals surface area contributed by atoms with Gasteiger partial charge in [0.15, 0.2) is 0 Å². The van der Waals surface area contributed by atoms with Gasteiger partial charge in [-0.1, -0.05) is 54.4 Å². The molecule has 4 rings (SSSR count). The van der Waals surface area contributed by atoms with Gasteiger partial charge in [0.2, 0.25) is 0 Å². The smallest absolute Gasteiger partial charge is 0.264 e. The third-order valence-electron chi connectivity index (χ3n) is 5.39. The van der Waals surface area contributed by atoms with Crippen molar-refractivity contribution in [1.82, 2.24) is 4.90 Å². The topological polar surface area (TPSA) is 40.6 Å². The molecule has 1 saturated heterocycles. The second kappa shape index (κ2) is 8.64. The van der Waals surface area contributed by atoms with E-state index >= 15 is 0 Å². The summed E-state index contributed by atoms with van der Waals surface area (Å²) >= 11 is 7.67. The highest BCUT2D eigenvalue weighted by molar-refractivity contribution is 8.04. The second-order valence-electron chi connectivity index (χ2n) is 7.39. The number of carbonyl (C=O) groups excluding carboxylic acids is 2. The number of hydrogen-bond acceptors (Lipinski definition) is 3. The van der Waals surface area contributed by atoms with E-state index in [9.17, 15) is 9.59 Å². The molecule has 0 unspecified atom stereocenters. The van der Waals surface area contributed by atoms with Crippen LogP contribution in [0.2, 0.25) is 5.02 Å². The summed E-state index contributed by atoms with van der Waals surface area (Å²) in [4.78, 5) is 31.0. The quantitative estimate of drug-likeness (QED) is 0.598. The summed E-state index contributed by atoms with van der Waals surface area (Å²) in [6, 6.07) is 13.1. The van der Waals surface area contributed by atoms with Gasteiger partial charge in [-0.25, -0.2) is 0 Å². The number of halogens is 1. The summed E-state index contributed by atoms with van der Waals surface area (Å²) < 4.78 is 0. The van der Waals surface area contributed by atoms with Gasteiger partial charge in [-0.05, 0) is 48.7 Å². The highest BCUT2D eigenvalue weighted by Gasteiger charge is 2.28. The van der Waals surface area contributed by atoms with E-state index in [1.165, 1.54) is 24.6 Å². The summed E-state index contributed by atoms with van der Waals surface area (Å²) in [6.45, 7) is 1.62. The molecule has 2 heterocycles. The van der Waals surface area contributed by atoms with Crippen molar-refractivity contribution in [2.24, 2.45) is 0 Å². The number of carbonyl (C=O) groups is 2. The molecular weight excluding hydrogens is 404 g/mol. The van der Waals surface area contributed by atoms with Crippen LogP contribution in [0.5, 0.6) is 0 Å². The summed E-state index contributed by atoms with van der Waals surface area (Å²) in [5.74, 6) is -0.0419. The minimum atomic E-state index is -0.0956. The van der Waals surface area contributed by atoms with Gasteiger partial charge >= 0.3 is 0 Å². The molecule has 2 aromatic rings. The average Bonchev–Trinajstić information content (AvgIpc) is 3.02. The van der Waals surface area contributed by atoms with Crippen LogP contribution in [0.4, 0.5) is 5.69 Å². The Morgan fingerprint density at radius 1 is 1.07 bits per heavy atom. The van der Waals surface area contributed by atoms with E-state index in [0.29, 0.717) is 15.5 Å². The first-order chi connectivity index (χ1) is 14.0. The molecular formula is C23H23ClN2O2S. The van der Waals surface area contributed by atoms with E-state index in [0.717, 1.165) is 42.1 Å². The summed E-state index contributed by atoms with van der Waals surface area (Å²) in [5.41, 5.74) is 2.23. The van der Waals surface area contributed by atoms with Crippen LogP contribution in [0.1, 0.15) is 41.6 Å². The molecule has 0 spiro atoms. The minimum absolute atomic E-state index is 0.0537. The molecule has 2 aliphatic rings. The molecule has 150 valence electrons. The van der Waals surface area contributed by atoms with E-state index < -0.39 is 0 Å². The van der Waals surface area contributed by atoms with E-state index in [4.69, 9.17) is 11.6 Å². The van der Waals surface area contributed by atoms with Crippen LogP contribution < -0.4 is 4.90 Å². The van der Waals surface area contributed by atoms with Crippen LogP contribution in [-0.2, 0) is 4.79 Å². The maximum Gasteiger partial charge on any atom is 0.264 e. The second-order valence-corrected chi connectivity index (χ2v) is 8.88. The normalized spacial score (nSPS) is 18.6. The molecule has 0 saturated carbocycles. The number of nitrogens with zero attached hydrogens (tertiary/aromatic N) is 2. The number of amides is 2. The van der Waals surface area contributed by atoms with Gasteiger partial charge < -0.3 is 9.80 Å². The first-order valence-corrected chi connectivity index (χ1v) is 11.1. The van der Waals surface area contributed by atoms with Crippen molar-refractivity contribution < 1.29 is 9.59 Å². The van der Waals surface area contributed by atoms with Crippen LogP contribution in [0.25, 0.3) is 6.08 Å². The molecule has 4 nitrogen and oxygen atoms in total. The van der Waals surface area contributed by atoms with E-state index in [2.05, 4.69) is 0 Å². The molecule has 0 bridgehead atoms. The van der Waals surface area contributed by atoms with Crippen molar-refractivity contribution in [3.05, 3.63) is 63.5 Å². The molecule has 1 fully saturated rings. The predicted molar refractivity (Wildman–Crippen MR) is 120 cm³/mol. The monoisotopic (exact) mass is 426 g/mol. The van der Waals surface area contributed by atoms with Gasteiger partial charge in [0.1, 0.15) is 0 Å². The average molecular weight is 427 g/mol. The largest absolute Gasteiger partial charge is 0.339 e. The van der Waals surface area contributed by atoms with E-state index in [-0.39, 0.29) is 11.8 Å². The third kappa shape index (κ3) is 4.21. The fourth-order valence-corrected chi connectivity index (χ4v) is 4.99. The molecule has 0 N–H and O–H groups in total. The van der Waals surface area contributed by atoms with Crippen LogP contribution in [0.15, 0.2) is 52.3 Å². The Hall–Kier alpha value is -2.24. The van der Waals surface area contributed by atoms with Crippen LogP contribution in [0, 0.1) is 0 Å². The number of benzene rings is 2. The Morgan fingerprint density at radius 3 is 2.52 bits per heavy atom. The van der Waals surface area contributed by atoms with Gasteiger partial charge in [-0.15, -0.1) is 0 Å². The standard InChI is InChI=1S/C23H23ClN2O2S/c1-25-19-14-17(22(27)26-12-6-2-3-7-13-26)10-11-20(19)29-21(23(25)28)15-16-8-4-5-9-18(16)24/h4-5,8-11,14-15H,2-3,6-7,12-13H2,1H3. The van der Waals surface area contributed by atoms with Crippen molar-refractivity contribution >= 4 is 46.9 Å². The number of rotatable bonds is 2. The van der Waals surface area contributed by atoms with Gasteiger partial charge in [0, 0.05) is 35.6 Å². The maximum atomic E-state index is 13.0. The number of thioether (sulfide) groups is 1. The van der Waals surface area contributed by atoms with Gasteiger partial charge in [0.25, 0.3) is 11.8 Å². The molecule has 0 aliphatic carbocycles. The molecule has 0 atom stereocenters. The molecule has 2 aromatic carbocycles. The SMILES string of the molecule is CN1C(=O)C(=Cc2ccccc2Cl)Sc2ccc(C(=O)N3CCCCCC3)cc21. The van der Waals surface area contributed by atoms with Crippen molar-refractivity contribution in [1.29, 1.82) is 0 Å². The molecule has 29 heavy (non-hydrogen) atoms. The fraction of sp³-hybridized carbons (Fsp3) is 0.304. The van der Waals surface area contributed by atoms with Crippen molar-refractivity contribution in [2.75, 3.05) is 25.0 Å². The molecule has 0 radical (unpaired) electrons. The van der Waals surface area contributed by atoms with Crippen LogP contribution in [-0.4, -0.2) is 36.9 Å². The van der Waals surface area contributed by atoms with E-state index in [1.54, 1.807) is 11.9 Å². The van der Waals surface area contributed by atoms with Crippen molar-refractivity contribution in [3.8, 4) is 0 Å². The Kier molecular flexibility index (Phi) is 5.97. The van der Waals surface area contributed by atoms with Gasteiger partial charge in [-0.2, -0.15) is 0 Å². The van der Waals surface area contributed by atoms with Crippen molar-refractivity contribution in [2.45, 2.75) is 30.6 Å². The predicted octanol–water partition coefficient (Wildman–Crippen LogP) is 5.47. The Morgan fingerprint density at radius 2 is 1.79 bits per heavy atom. The van der Waals surface area contributed by atoms with Crippen LogP contribution in [0.3, 0.4) is 0 Å². The summed E-state index contributed by atoms with van der Waals surface area (Å²) in [7, 11) is 1.75. The number of anilines is 1. The van der Waals surface area contributed by atoms with Crippen LogP contribution >= 0.6 is 23.4 Å². The Balaban J connectivity index is 1.62.